The Bertz CT molecular complexity index is 1120. The summed E-state index contributed by atoms with van der Waals surface area (Å²) in [4.78, 5) is 15.6. The van der Waals surface area contributed by atoms with Crippen LogP contribution in [-0.4, -0.2) is 4.98 Å². The van der Waals surface area contributed by atoms with Crippen LogP contribution in [0.4, 0.5) is 0 Å². The second-order valence-electron chi connectivity index (χ2n) is 7.04. The number of H-pyrrole nitrogens is 1. The number of aryl methyl sites for hydroxylation is 1. The number of ether oxygens (including phenoxy) is 1. The number of fused-ring (bicyclic) bond motifs is 3. The Morgan fingerprint density at radius 3 is 2.46 bits per heavy atom. The number of hydrogen-bond donors (Lipinski definition) is 1. The zero-order valence-corrected chi connectivity index (χ0v) is 14.9. The summed E-state index contributed by atoms with van der Waals surface area (Å²) in [6.45, 7) is 5.92. The third-order valence-electron chi connectivity index (χ3n) is 4.79. The normalized spacial score (nSPS) is 13.9. The van der Waals surface area contributed by atoms with E-state index < -0.39 is 5.60 Å². The summed E-state index contributed by atoms with van der Waals surface area (Å²) < 4.78 is 6.24. The molecule has 4 heteroatoms. The molecular weight excluding hydrogens is 324 g/mol. The van der Waals surface area contributed by atoms with Gasteiger partial charge in [-0.2, -0.15) is 5.26 Å². The van der Waals surface area contributed by atoms with Gasteiger partial charge in [0.05, 0.1) is 5.69 Å². The van der Waals surface area contributed by atoms with Crippen molar-refractivity contribution in [1.82, 2.24) is 4.98 Å². The van der Waals surface area contributed by atoms with Crippen molar-refractivity contribution in [2.75, 3.05) is 0 Å². The lowest BCUT2D eigenvalue weighted by atomic mass is 9.82. The highest BCUT2D eigenvalue weighted by Gasteiger charge is 2.37. The molecule has 128 valence electrons. The molecule has 4 rings (SSSR count). The molecule has 1 aliphatic rings. The van der Waals surface area contributed by atoms with E-state index in [0.29, 0.717) is 5.56 Å². The van der Waals surface area contributed by atoms with Gasteiger partial charge in [0.15, 0.2) is 0 Å². The lowest BCUT2D eigenvalue weighted by molar-refractivity contribution is 0.106. The number of rotatable bonds is 1. The number of nitriles is 1. The molecule has 0 radical (unpaired) electrons. The van der Waals surface area contributed by atoms with Crippen molar-refractivity contribution >= 4 is 0 Å². The van der Waals surface area contributed by atoms with E-state index in [1.165, 1.54) is 0 Å². The Kier molecular flexibility index (Phi) is 3.48. The Labute approximate surface area is 151 Å². The molecule has 2 heterocycles. The first-order chi connectivity index (χ1) is 12.4. The zero-order valence-electron chi connectivity index (χ0n) is 14.9. The maximum absolute atomic E-state index is 12.7. The first-order valence-electron chi connectivity index (χ1n) is 8.48. The Morgan fingerprint density at radius 1 is 1.08 bits per heavy atom. The molecule has 0 amide bonds. The second kappa shape index (κ2) is 5.60. The maximum atomic E-state index is 12.7. The van der Waals surface area contributed by atoms with Crippen molar-refractivity contribution in [1.29, 1.82) is 5.26 Å². The number of hydrogen-bond acceptors (Lipinski definition) is 3. The van der Waals surface area contributed by atoms with Crippen molar-refractivity contribution in [3.05, 3.63) is 75.6 Å². The fourth-order valence-corrected chi connectivity index (χ4v) is 3.61. The third kappa shape index (κ3) is 2.33. The third-order valence-corrected chi connectivity index (χ3v) is 4.79. The molecule has 0 saturated heterocycles. The molecule has 0 spiro atoms. The molecule has 0 saturated carbocycles. The lowest BCUT2D eigenvalue weighted by Crippen LogP contribution is -2.33. The number of nitrogens with zero attached hydrogens (tertiary/aromatic N) is 1. The quantitative estimate of drug-likeness (QED) is 0.707. The van der Waals surface area contributed by atoms with Gasteiger partial charge in [0.25, 0.3) is 5.56 Å². The predicted octanol–water partition coefficient (Wildman–Crippen LogP) is 4.52. The molecular formula is C22H18N2O2. The standard InChI is InChI=1S/C22H18N2O2/c1-13-8-10-14(11-9-13)18-16(12-23)21(25)24-20-15-6-4-5-7-17(15)26-22(2,3)19(18)20/h4-11H,1-3H3,(H,24,25). The van der Waals surface area contributed by atoms with Crippen LogP contribution in [0.2, 0.25) is 0 Å². The van der Waals surface area contributed by atoms with Gasteiger partial charge in [0.2, 0.25) is 0 Å². The molecule has 0 atom stereocenters. The summed E-state index contributed by atoms with van der Waals surface area (Å²) in [5, 5.41) is 9.67. The summed E-state index contributed by atoms with van der Waals surface area (Å²) in [6.07, 6.45) is 0. The number of para-hydroxylation sites is 1. The molecule has 0 aliphatic carbocycles. The van der Waals surface area contributed by atoms with Crippen LogP contribution < -0.4 is 10.3 Å². The van der Waals surface area contributed by atoms with Crippen LogP contribution in [0.15, 0.2) is 53.3 Å². The highest BCUT2D eigenvalue weighted by atomic mass is 16.5. The van der Waals surface area contributed by atoms with Crippen LogP contribution >= 0.6 is 0 Å². The van der Waals surface area contributed by atoms with Gasteiger partial charge in [0, 0.05) is 16.7 Å². The number of aromatic nitrogens is 1. The minimum Gasteiger partial charge on any atom is -0.482 e. The highest BCUT2D eigenvalue weighted by Crippen LogP contribution is 2.47. The largest absolute Gasteiger partial charge is 0.482 e. The molecule has 1 N–H and O–H groups in total. The Hall–Kier alpha value is -3.32. The summed E-state index contributed by atoms with van der Waals surface area (Å²) in [7, 11) is 0. The smallest absolute Gasteiger partial charge is 0.266 e. The van der Waals surface area contributed by atoms with Crippen molar-refractivity contribution < 1.29 is 4.74 Å². The van der Waals surface area contributed by atoms with Crippen molar-refractivity contribution in [2.45, 2.75) is 26.4 Å². The number of pyridine rings is 1. The van der Waals surface area contributed by atoms with Crippen LogP contribution in [-0.2, 0) is 5.60 Å². The first kappa shape index (κ1) is 16.2. The lowest BCUT2D eigenvalue weighted by Gasteiger charge is -2.36. The Balaban J connectivity index is 2.17. The molecule has 0 bridgehead atoms. The fourth-order valence-electron chi connectivity index (χ4n) is 3.61. The first-order valence-corrected chi connectivity index (χ1v) is 8.48. The maximum Gasteiger partial charge on any atom is 0.266 e. The summed E-state index contributed by atoms with van der Waals surface area (Å²) >= 11 is 0. The van der Waals surface area contributed by atoms with Crippen molar-refractivity contribution in [3.8, 4) is 34.2 Å². The molecule has 1 aliphatic heterocycles. The summed E-state index contributed by atoms with van der Waals surface area (Å²) in [5.74, 6) is 0.722. The molecule has 1 aromatic heterocycles. The SMILES string of the molecule is Cc1ccc(-c2c3c([nH]c(=O)c2C#N)-c2ccccc2OC3(C)C)cc1. The molecule has 2 aromatic carbocycles. The molecule has 4 nitrogen and oxygen atoms in total. The molecule has 3 aromatic rings. The van der Waals surface area contributed by atoms with Gasteiger partial charge < -0.3 is 9.72 Å². The number of aromatic amines is 1. The monoisotopic (exact) mass is 342 g/mol. The van der Waals surface area contributed by atoms with Crippen LogP contribution in [0.5, 0.6) is 5.75 Å². The van der Waals surface area contributed by atoms with Gasteiger partial charge in [-0.1, -0.05) is 42.0 Å². The van der Waals surface area contributed by atoms with Crippen LogP contribution in [0, 0.1) is 18.3 Å². The number of nitrogens with one attached hydrogen (secondary N) is 1. The summed E-state index contributed by atoms with van der Waals surface area (Å²) in [6, 6.07) is 17.6. The predicted molar refractivity (Wildman–Crippen MR) is 101 cm³/mol. The highest BCUT2D eigenvalue weighted by molar-refractivity contribution is 5.84. The van der Waals surface area contributed by atoms with E-state index in [1.807, 2.05) is 69.3 Å². The van der Waals surface area contributed by atoms with E-state index in [9.17, 15) is 10.1 Å². The molecule has 0 fully saturated rings. The van der Waals surface area contributed by atoms with Gasteiger partial charge >= 0.3 is 0 Å². The molecule has 26 heavy (non-hydrogen) atoms. The second-order valence-corrected chi connectivity index (χ2v) is 7.04. The van der Waals surface area contributed by atoms with Gasteiger partial charge in [-0.3, -0.25) is 4.79 Å². The van der Waals surface area contributed by atoms with Crippen molar-refractivity contribution in [3.63, 3.8) is 0 Å². The number of benzene rings is 2. The van der Waals surface area contributed by atoms with E-state index in [-0.39, 0.29) is 11.1 Å². The minimum absolute atomic E-state index is 0.114. The summed E-state index contributed by atoms with van der Waals surface area (Å²) in [5.41, 5.74) is 4.02. The average Bonchev–Trinajstić information content (AvgIpc) is 2.61. The van der Waals surface area contributed by atoms with Gasteiger partial charge in [-0.25, -0.2) is 0 Å². The Morgan fingerprint density at radius 2 is 1.77 bits per heavy atom. The average molecular weight is 342 g/mol. The van der Waals surface area contributed by atoms with Crippen molar-refractivity contribution in [2.24, 2.45) is 0 Å². The van der Waals surface area contributed by atoms with Gasteiger partial charge in [0.1, 0.15) is 23.0 Å². The fraction of sp³-hybridized carbons (Fsp3) is 0.182. The minimum atomic E-state index is -0.695. The van der Waals surface area contributed by atoms with Crippen LogP contribution in [0.3, 0.4) is 0 Å². The topological polar surface area (TPSA) is 65.9 Å². The van der Waals surface area contributed by atoms with Crippen LogP contribution in [0.1, 0.15) is 30.5 Å². The van der Waals surface area contributed by atoms with E-state index in [4.69, 9.17) is 4.74 Å². The van der Waals surface area contributed by atoms with E-state index in [0.717, 1.165) is 33.7 Å². The van der Waals surface area contributed by atoms with E-state index >= 15 is 0 Å². The van der Waals surface area contributed by atoms with Crippen LogP contribution in [0.25, 0.3) is 22.4 Å². The van der Waals surface area contributed by atoms with Gasteiger partial charge in [-0.05, 0) is 38.5 Å². The molecule has 0 unspecified atom stereocenters. The van der Waals surface area contributed by atoms with E-state index in [2.05, 4.69) is 11.1 Å². The zero-order chi connectivity index (χ0) is 18.5. The van der Waals surface area contributed by atoms with E-state index in [1.54, 1.807) is 0 Å². The van der Waals surface area contributed by atoms with Gasteiger partial charge in [-0.15, -0.1) is 0 Å².